The van der Waals surface area contributed by atoms with Crippen LogP contribution in [0.5, 0.6) is 0 Å². The molecule has 0 heteroatoms. The first kappa shape index (κ1) is 9.61. The van der Waals surface area contributed by atoms with Crippen LogP contribution in [0.3, 0.4) is 0 Å². The molecule has 0 aromatic heterocycles. The number of hydrogen-bond donors (Lipinski definition) is 0. The normalized spacial score (nSPS) is 9.69. The average Bonchev–Trinajstić information content (AvgIpc) is 2.16. The third kappa shape index (κ3) is 3.17. The number of benzene rings is 1. The zero-order valence-electron chi connectivity index (χ0n) is 8.17. The van der Waals surface area contributed by atoms with Gasteiger partial charge >= 0.3 is 0 Å². The molecule has 0 nitrogen and oxygen atoms in total. The second-order valence-corrected chi connectivity index (χ2v) is 2.85. The van der Waals surface area contributed by atoms with Gasteiger partial charge < -0.3 is 0 Å². The van der Waals surface area contributed by atoms with Gasteiger partial charge in [0.15, 0.2) is 0 Å². The molecular formula is C13H14. The van der Waals surface area contributed by atoms with Crippen molar-refractivity contribution in [3.05, 3.63) is 41.5 Å². The van der Waals surface area contributed by atoms with E-state index < -0.39 is 0 Å². The molecule has 1 rings (SSSR count). The van der Waals surface area contributed by atoms with Gasteiger partial charge in [0.2, 0.25) is 0 Å². The van der Waals surface area contributed by atoms with Crippen molar-refractivity contribution in [3.8, 4) is 11.8 Å². The monoisotopic (exact) mass is 170 g/mol. The van der Waals surface area contributed by atoms with E-state index in [2.05, 4.69) is 42.2 Å². The summed E-state index contributed by atoms with van der Waals surface area (Å²) in [5.74, 6) is 5.96. The second kappa shape index (κ2) is 5.22. The van der Waals surface area contributed by atoms with Gasteiger partial charge in [-0.3, -0.25) is 0 Å². The van der Waals surface area contributed by atoms with Gasteiger partial charge in [-0.25, -0.2) is 0 Å². The smallest absolute Gasteiger partial charge is 0.0340 e. The highest BCUT2D eigenvalue weighted by Gasteiger charge is 1.90. The lowest BCUT2D eigenvalue weighted by molar-refractivity contribution is 1.31. The minimum Gasteiger partial charge on any atom is -0.106 e. The third-order valence-electron chi connectivity index (χ3n) is 1.78. The Morgan fingerprint density at radius 3 is 2.92 bits per heavy atom. The quantitative estimate of drug-likeness (QED) is 0.597. The fourth-order valence-corrected chi connectivity index (χ4v) is 1.19. The van der Waals surface area contributed by atoms with Crippen LogP contribution in [0.1, 0.15) is 25.0 Å². The highest BCUT2D eigenvalue weighted by Crippen LogP contribution is 2.07. The molecule has 0 fully saturated rings. The Hall–Kier alpha value is -1.48. The van der Waals surface area contributed by atoms with E-state index in [1.54, 1.807) is 0 Å². The summed E-state index contributed by atoms with van der Waals surface area (Å²) in [6, 6.07) is 8.45. The zero-order chi connectivity index (χ0) is 9.52. The molecule has 1 aromatic rings. The maximum absolute atomic E-state index is 3.06. The van der Waals surface area contributed by atoms with Crippen LogP contribution in [0.4, 0.5) is 0 Å². The summed E-state index contributed by atoms with van der Waals surface area (Å²) in [6.07, 6.45) is 5.00. The van der Waals surface area contributed by atoms with Crippen LogP contribution in [0, 0.1) is 11.8 Å². The predicted molar refractivity (Wildman–Crippen MR) is 58.3 cm³/mol. The van der Waals surface area contributed by atoms with Gasteiger partial charge in [-0.2, -0.15) is 0 Å². The maximum Gasteiger partial charge on any atom is 0.0340 e. The van der Waals surface area contributed by atoms with Crippen molar-refractivity contribution in [3.63, 3.8) is 0 Å². The Bertz CT molecular complexity index is 348. The van der Waals surface area contributed by atoms with Crippen LogP contribution >= 0.6 is 0 Å². The third-order valence-corrected chi connectivity index (χ3v) is 1.78. The first-order chi connectivity index (χ1) is 6.36. The van der Waals surface area contributed by atoms with E-state index in [4.69, 9.17) is 0 Å². The van der Waals surface area contributed by atoms with Gasteiger partial charge in [0.1, 0.15) is 0 Å². The van der Waals surface area contributed by atoms with Crippen molar-refractivity contribution in [2.24, 2.45) is 0 Å². The summed E-state index contributed by atoms with van der Waals surface area (Å²) in [6.45, 7) is 3.90. The molecule has 0 radical (unpaired) electrons. The van der Waals surface area contributed by atoms with Gasteiger partial charge in [-0.05, 0) is 25.0 Å². The van der Waals surface area contributed by atoms with Crippen LogP contribution in [0.25, 0.3) is 6.08 Å². The molecule has 0 bridgehead atoms. The summed E-state index contributed by atoms with van der Waals surface area (Å²) in [7, 11) is 0. The molecule has 66 valence electrons. The molecule has 0 heterocycles. The first-order valence-corrected chi connectivity index (χ1v) is 4.48. The zero-order valence-corrected chi connectivity index (χ0v) is 8.17. The Morgan fingerprint density at radius 1 is 1.38 bits per heavy atom. The van der Waals surface area contributed by atoms with E-state index in [9.17, 15) is 0 Å². The molecule has 0 aliphatic carbocycles. The molecular weight excluding hydrogens is 156 g/mol. The fraction of sp³-hybridized carbons (Fsp3) is 0.231. The van der Waals surface area contributed by atoms with Gasteiger partial charge in [-0.15, -0.1) is 5.92 Å². The van der Waals surface area contributed by atoms with E-state index in [0.717, 1.165) is 6.42 Å². The van der Waals surface area contributed by atoms with Gasteiger partial charge in [0, 0.05) is 6.42 Å². The molecule has 0 N–H and O–H groups in total. The summed E-state index contributed by atoms with van der Waals surface area (Å²) in [5.41, 5.74) is 2.53. The molecule has 0 spiro atoms. The van der Waals surface area contributed by atoms with E-state index in [1.807, 2.05) is 19.9 Å². The summed E-state index contributed by atoms with van der Waals surface area (Å²) < 4.78 is 0. The van der Waals surface area contributed by atoms with E-state index in [0.29, 0.717) is 0 Å². The van der Waals surface area contributed by atoms with Crippen LogP contribution < -0.4 is 0 Å². The second-order valence-electron chi connectivity index (χ2n) is 2.85. The lowest BCUT2D eigenvalue weighted by Crippen LogP contribution is -1.81. The van der Waals surface area contributed by atoms with Gasteiger partial charge in [-0.1, -0.05) is 42.3 Å². The molecule has 0 atom stereocenters. The summed E-state index contributed by atoms with van der Waals surface area (Å²) in [5, 5.41) is 0. The minimum atomic E-state index is 0.849. The van der Waals surface area contributed by atoms with Gasteiger partial charge in [0.25, 0.3) is 0 Å². The molecule has 13 heavy (non-hydrogen) atoms. The lowest BCUT2D eigenvalue weighted by Gasteiger charge is -1.96. The van der Waals surface area contributed by atoms with Crippen LogP contribution in [-0.4, -0.2) is 0 Å². The van der Waals surface area contributed by atoms with Crippen LogP contribution in [0.15, 0.2) is 30.3 Å². The molecule has 0 aliphatic heterocycles. The van der Waals surface area contributed by atoms with Crippen molar-refractivity contribution < 1.29 is 0 Å². The summed E-state index contributed by atoms with van der Waals surface area (Å²) in [4.78, 5) is 0. The SMILES string of the molecule is CC#CCc1cccc(C=CC)c1. The Labute approximate surface area is 80.3 Å². The standard InChI is InChI=1S/C13H14/c1-3-5-8-13-10-6-9-12(11-13)7-4-2/h4,6-7,9-11H,8H2,1-2H3. The first-order valence-electron chi connectivity index (χ1n) is 4.48. The highest BCUT2D eigenvalue weighted by molar-refractivity contribution is 5.50. The molecule has 0 unspecified atom stereocenters. The maximum atomic E-state index is 3.06. The molecule has 0 saturated carbocycles. The predicted octanol–water partition coefficient (Wildman–Crippen LogP) is 3.29. The molecule has 0 aliphatic rings. The van der Waals surface area contributed by atoms with Crippen molar-refractivity contribution in [2.75, 3.05) is 0 Å². The Balaban J connectivity index is 2.82. The van der Waals surface area contributed by atoms with Crippen LogP contribution in [0.2, 0.25) is 0 Å². The Kier molecular flexibility index (Phi) is 3.85. The molecule has 0 saturated heterocycles. The van der Waals surface area contributed by atoms with Crippen LogP contribution in [-0.2, 0) is 6.42 Å². The van der Waals surface area contributed by atoms with Crippen molar-refractivity contribution in [2.45, 2.75) is 20.3 Å². The van der Waals surface area contributed by atoms with Gasteiger partial charge in [0.05, 0.1) is 0 Å². The van der Waals surface area contributed by atoms with E-state index in [-0.39, 0.29) is 0 Å². The molecule has 0 amide bonds. The Morgan fingerprint density at radius 2 is 2.23 bits per heavy atom. The largest absolute Gasteiger partial charge is 0.106 e. The van der Waals surface area contributed by atoms with E-state index in [1.165, 1.54) is 11.1 Å². The van der Waals surface area contributed by atoms with E-state index >= 15 is 0 Å². The topological polar surface area (TPSA) is 0 Å². The van der Waals surface area contributed by atoms with Crippen molar-refractivity contribution in [1.29, 1.82) is 0 Å². The highest BCUT2D eigenvalue weighted by atomic mass is 13.9. The summed E-state index contributed by atoms with van der Waals surface area (Å²) >= 11 is 0. The average molecular weight is 170 g/mol. The van der Waals surface area contributed by atoms with Crippen molar-refractivity contribution in [1.82, 2.24) is 0 Å². The fourth-order valence-electron chi connectivity index (χ4n) is 1.19. The number of hydrogen-bond acceptors (Lipinski definition) is 0. The number of allylic oxidation sites excluding steroid dienone is 1. The minimum absolute atomic E-state index is 0.849. The van der Waals surface area contributed by atoms with Crippen molar-refractivity contribution >= 4 is 6.08 Å². The lowest BCUT2D eigenvalue weighted by atomic mass is 10.1. The number of rotatable bonds is 2. The molecule has 1 aromatic carbocycles.